The van der Waals surface area contributed by atoms with E-state index in [2.05, 4.69) is 42.7 Å². The summed E-state index contributed by atoms with van der Waals surface area (Å²) in [4.78, 5) is 14.5. The fourth-order valence-corrected chi connectivity index (χ4v) is 3.98. The van der Waals surface area contributed by atoms with Crippen molar-refractivity contribution in [2.45, 2.75) is 84.2 Å². The van der Waals surface area contributed by atoms with Gasteiger partial charge in [0.15, 0.2) is 12.0 Å². The van der Waals surface area contributed by atoms with Crippen LogP contribution in [0.1, 0.15) is 53.9 Å². The van der Waals surface area contributed by atoms with Gasteiger partial charge in [-0.3, -0.25) is 14.4 Å². The number of rotatable bonds is 10. The number of carbonyl (C=O) groups is 1. The van der Waals surface area contributed by atoms with Gasteiger partial charge in [-0.25, -0.2) is 0 Å². The van der Waals surface area contributed by atoms with Crippen molar-refractivity contribution in [2.75, 3.05) is 25.5 Å². The van der Waals surface area contributed by atoms with Crippen LogP contribution in [-0.2, 0) is 16.1 Å². The van der Waals surface area contributed by atoms with E-state index in [9.17, 15) is 15.2 Å². The highest BCUT2D eigenvalue weighted by molar-refractivity contribution is 5.94. The Morgan fingerprint density at radius 3 is 2.71 bits per heavy atom. The van der Waals surface area contributed by atoms with Crippen molar-refractivity contribution in [3.8, 4) is 6.19 Å². The number of hydrogen-bond acceptors (Lipinski definition) is 7. The topological polar surface area (TPSA) is 115 Å². The molecule has 2 heterocycles. The Hall–Kier alpha value is -2.15. The van der Waals surface area contributed by atoms with E-state index in [-0.39, 0.29) is 24.0 Å². The number of nitriles is 1. The van der Waals surface area contributed by atoms with Gasteiger partial charge in [0.05, 0.1) is 24.9 Å². The summed E-state index contributed by atoms with van der Waals surface area (Å²) in [5, 5.41) is 29.6. The molecular weight excluding hydrogens is 396 g/mol. The first-order valence-electron chi connectivity index (χ1n) is 10.9. The molecule has 2 rings (SSSR count). The third kappa shape index (κ3) is 7.80. The van der Waals surface area contributed by atoms with Crippen molar-refractivity contribution in [2.24, 2.45) is 5.41 Å². The largest absolute Gasteiger partial charge is 0.389 e. The number of likely N-dealkylation sites (tertiary alicyclic amines) is 1. The summed E-state index contributed by atoms with van der Waals surface area (Å²) < 4.78 is 7.53. The fraction of sp³-hybridized carbons (Fsp3) is 0.773. The molecular formula is C22H38N6O3. The van der Waals surface area contributed by atoms with Gasteiger partial charge in [0.25, 0.3) is 0 Å². The molecule has 3 atom stereocenters. The van der Waals surface area contributed by atoms with Gasteiger partial charge >= 0.3 is 0 Å². The SMILES string of the molecule is CNC[C@H](O)COC(C)(C)Cn1ccc(NC(=O)C2CCC(CC(C)(C)C)N2C#N)n1. The number of nitrogens with zero attached hydrogens (tertiary/aromatic N) is 4. The van der Waals surface area contributed by atoms with Gasteiger partial charge in [0.2, 0.25) is 5.91 Å². The molecule has 0 saturated carbocycles. The zero-order valence-electron chi connectivity index (χ0n) is 19.7. The Balaban J connectivity index is 1.92. The smallest absolute Gasteiger partial charge is 0.249 e. The van der Waals surface area contributed by atoms with Gasteiger partial charge in [0.1, 0.15) is 6.04 Å². The maximum absolute atomic E-state index is 12.8. The minimum absolute atomic E-state index is 0.0921. The maximum atomic E-state index is 12.8. The van der Waals surface area contributed by atoms with Crippen molar-refractivity contribution in [3.63, 3.8) is 0 Å². The van der Waals surface area contributed by atoms with Crippen LogP contribution in [0, 0.1) is 16.9 Å². The van der Waals surface area contributed by atoms with E-state index in [0.29, 0.717) is 25.3 Å². The summed E-state index contributed by atoms with van der Waals surface area (Å²) >= 11 is 0. The first-order chi connectivity index (χ1) is 14.4. The van der Waals surface area contributed by atoms with Gasteiger partial charge < -0.3 is 20.5 Å². The van der Waals surface area contributed by atoms with Crippen LogP contribution in [0.15, 0.2) is 12.3 Å². The Kier molecular flexibility index (Phi) is 8.46. The number of ether oxygens (including phenoxy) is 1. The van der Waals surface area contributed by atoms with Crippen molar-refractivity contribution in [1.29, 1.82) is 5.26 Å². The zero-order chi connectivity index (χ0) is 23.2. The number of likely N-dealkylation sites (N-methyl/N-ethyl adjacent to an activating group) is 1. The molecule has 1 saturated heterocycles. The van der Waals surface area contributed by atoms with E-state index in [4.69, 9.17) is 4.74 Å². The van der Waals surface area contributed by atoms with E-state index < -0.39 is 17.7 Å². The van der Waals surface area contributed by atoms with Gasteiger partial charge in [-0.15, -0.1) is 0 Å². The fourth-order valence-electron chi connectivity index (χ4n) is 3.98. The van der Waals surface area contributed by atoms with Crippen LogP contribution in [0.5, 0.6) is 0 Å². The minimum atomic E-state index is -0.576. The summed E-state index contributed by atoms with van der Waals surface area (Å²) in [6.07, 6.45) is 5.80. The number of aromatic nitrogens is 2. The first kappa shape index (κ1) is 25.1. The predicted octanol–water partition coefficient (Wildman–Crippen LogP) is 1.95. The molecule has 2 unspecified atom stereocenters. The standard InChI is InChI=1S/C22H38N6O3/c1-21(2,3)11-16-7-8-18(28(16)15-23)20(30)25-19-9-10-27(26-19)14-22(4,5)31-13-17(29)12-24-6/h9-10,16-18,24,29H,7-8,11-14H2,1-6H3,(H,25,26,30)/t16?,17-,18?/m0/s1. The molecule has 1 aliphatic heterocycles. The van der Waals surface area contributed by atoms with Gasteiger partial charge in [-0.1, -0.05) is 20.8 Å². The minimum Gasteiger partial charge on any atom is -0.389 e. The molecule has 0 aromatic carbocycles. The number of hydrogen-bond donors (Lipinski definition) is 3. The average molecular weight is 435 g/mol. The number of carbonyl (C=O) groups excluding carboxylic acids is 1. The Morgan fingerprint density at radius 2 is 2.10 bits per heavy atom. The summed E-state index contributed by atoms with van der Waals surface area (Å²) in [6.45, 7) is 11.5. The highest BCUT2D eigenvalue weighted by Gasteiger charge is 2.39. The molecule has 0 bridgehead atoms. The molecule has 9 nitrogen and oxygen atoms in total. The Labute approximate surface area is 185 Å². The summed E-state index contributed by atoms with van der Waals surface area (Å²) in [5.74, 6) is 0.252. The molecule has 1 aromatic heterocycles. The summed E-state index contributed by atoms with van der Waals surface area (Å²) in [5.41, 5.74) is -0.437. The molecule has 31 heavy (non-hydrogen) atoms. The monoisotopic (exact) mass is 434 g/mol. The molecule has 0 spiro atoms. The van der Waals surface area contributed by atoms with E-state index in [1.165, 1.54) is 0 Å². The van der Waals surface area contributed by atoms with Crippen LogP contribution >= 0.6 is 0 Å². The van der Waals surface area contributed by atoms with Crippen LogP contribution in [0.4, 0.5) is 5.82 Å². The molecule has 0 aliphatic carbocycles. The lowest BCUT2D eigenvalue weighted by molar-refractivity contribution is -0.119. The van der Waals surface area contributed by atoms with Crippen LogP contribution in [0.25, 0.3) is 0 Å². The van der Waals surface area contributed by atoms with E-state index in [1.807, 2.05) is 13.8 Å². The second-order valence-corrected chi connectivity index (χ2v) is 10.2. The highest BCUT2D eigenvalue weighted by atomic mass is 16.5. The highest BCUT2D eigenvalue weighted by Crippen LogP contribution is 2.33. The normalized spacial score (nSPS) is 20.5. The third-order valence-corrected chi connectivity index (χ3v) is 5.31. The Bertz CT molecular complexity index is 764. The van der Waals surface area contributed by atoms with Crippen LogP contribution in [-0.4, -0.2) is 69.7 Å². The lowest BCUT2D eigenvalue weighted by atomic mass is 9.87. The molecule has 1 fully saturated rings. The van der Waals surface area contributed by atoms with Crippen LogP contribution < -0.4 is 10.6 Å². The number of anilines is 1. The summed E-state index contributed by atoms with van der Waals surface area (Å²) in [6, 6.07) is 1.37. The molecule has 174 valence electrons. The van der Waals surface area contributed by atoms with Crippen molar-refractivity contribution in [1.82, 2.24) is 20.0 Å². The quantitative estimate of drug-likeness (QED) is 0.482. The Morgan fingerprint density at radius 1 is 1.39 bits per heavy atom. The van der Waals surface area contributed by atoms with Crippen LogP contribution in [0.3, 0.4) is 0 Å². The van der Waals surface area contributed by atoms with E-state index in [1.54, 1.807) is 28.9 Å². The lowest BCUT2D eigenvalue weighted by Gasteiger charge is -2.29. The molecule has 9 heteroatoms. The molecule has 3 N–H and O–H groups in total. The van der Waals surface area contributed by atoms with Crippen molar-refractivity contribution < 1.29 is 14.6 Å². The number of amides is 1. The first-order valence-corrected chi connectivity index (χ1v) is 10.9. The number of aliphatic hydroxyl groups excluding tert-OH is 1. The maximum Gasteiger partial charge on any atom is 0.249 e. The van der Waals surface area contributed by atoms with E-state index in [0.717, 1.165) is 12.8 Å². The third-order valence-electron chi connectivity index (χ3n) is 5.31. The second-order valence-electron chi connectivity index (χ2n) is 10.2. The average Bonchev–Trinajstić information content (AvgIpc) is 3.25. The zero-order valence-corrected chi connectivity index (χ0v) is 19.7. The molecule has 0 radical (unpaired) electrons. The van der Waals surface area contributed by atoms with Gasteiger partial charge in [-0.2, -0.15) is 10.4 Å². The van der Waals surface area contributed by atoms with Crippen LogP contribution in [0.2, 0.25) is 0 Å². The second kappa shape index (κ2) is 10.4. The van der Waals surface area contributed by atoms with Crippen molar-refractivity contribution >= 4 is 11.7 Å². The lowest BCUT2D eigenvalue weighted by Crippen LogP contribution is -2.41. The predicted molar refractivity (Wildman–Crippen MR) is 119 cm³/mol. The summed E-state index contributed by atoms with van der Waals surface area (Å²) in [7, 11) is 1.78. The van der Waals surface area contributed by atoms with Gasteiger partial charge in [-0.05, 0) is 45.6 Å². The molecule has 1 aliphatic rings. The molecule has 1 aromatic rings. The van der Waals surface area contributed by atoms with E-state index >= 15 is 0 Å². The number of aliphatic hydroxyl groups is 1. The number of nitrogens with one attached hydrogen (secondary N) is 2. The van der Waals surface area contributed by atoms with Gasteiger partial charge in [0, 0.05) is 24.8 Å². The van der Waals surface area contributed by atoms with Crippen molar-refractivity contribution in [3.05, 3.63) is 12.3 Å². The molecule has 1 amide bonds.